The summed E-state index contributed by atoms with van der Waals surface area (Å²) in [5.41, 5.74) is 1.04. The normalized spacial score (nSPS) is 11.0. The van der Waals surface area contributed by atoms with E-state index in [1.165, 1.54) is 6.26 Å². The highest BCUT2D eigenvalue weighted by molar-refractivity contribution is 6.38. The number of ether oxygens (including phenoxy) is 1. The van der Waals surface area contributed by atoms with Crippen LogP contribution in [0.2, 0.25) is 0 Å². The predicted octanol–water partition coefficient (Wildman–Crippen LogP) is 2.48. The third-order valence-electron chi connectivity index (χ3n) is 1.40. The fourth-order valence-corrected chi connectivity index (χ4v) is 0.883. The molecule has 0 radical (unpaired) electrons. The SMILES string of the molecule is O=CC(Cl)=COCc1ccccc1. The van der Waals surface area contributed by atoms with Gasteiger partial charge in [0, 0.05) is 0 Å². The van der Waals surface area contributed by atoms with Crippen LogP contribution in [-0.2, 0) is 16.1 Å². The van der Waals surface area contributed by atoms with E-state index in [1.54, 1.807) is 0 Å². The Labute approximate surface area is 81.8 Å². The van der Waals surface area contributed by atoms with Crippen LogP contribution in [0.3, 0.4) is 0 Å². The molecule has 0 amide bonds. The molecule has 0 saturated carbocycles. The summed E-state index contributed by atoms with van der Waals surface area (Å²) < 4.78 is 5.05. The topological polar surface area (TPSA) is 26.3 Å². The van der Waals surface area contributed by atoms with E-state index in [4.69, 9.17) is 16.3 Å². The molecule has 1 aromatic rings. The molecule has 0 N–H and O–H groups in total. The van der Waals surface area contributed by atoms with Crippen molar-refractivity contribution in [2.45, 2.75) is 6.61 Å². The number of aldehydes is 1. The Balaban J connectivity index is 2.40. The Kier molecular flexibility index (Phi) is 4.06. The highest BCUT2D eigenvalue weighted by atomic mass is 35.5. The van der Waals surface area contributed by atoms with Crippen LogP contribution in [0.15, 0.2) is 41.6 Å². The van der Waals surface area contributed by atoms with Crippen molar-refractivity contribution >= 4 is 17.9 Å². The fraction of sp³-hybridized carbons (Fsp3) is 0.100. The molecule has 0 fully saturated rings. The zero-order chi connectivity index (χ0) is 9.52. The van der Waals surface area contributed by atoms with Gasteiger partial charge in [-0.3, -0.25) is 4.79 Å². The molecule has 0 atom stereocenters. The van der Waals surface area contributed by atoms with Gasteiger partial charge in [-0.05, 0) is 5.56 Å². The molecule has 0 aromatic heterocycles. The number of hydrogen-bond acceptors (Lipinski definition) is 2. The van der Waals surface area contributed by atoms with Gasteiger partial charge in [-0.15, -0.1) is 0 Å². The van der Waals surface area contributed by atoms with E-state index in [1.807, 2.05) is 30.3 Å². The van der Waals surface area contributed by atoms with Crippen LogP contribution < -0.4 is 0 Å². The first-order chi connectivity index (χ1) is 6.33. The van der Waals surface area contributed by atoms with Gasteiger partial charge in [0.05, 0.1) is 0 Å². The van der Waals surface area contributed by atoms with E-state index < -0.39 is 0 Å². The van der Waals surface area contributed by atoms with Crippen LogP contribution in [0.4, 0.5) is 0 Å². The van der Waals surface area contributed by atoms with Gasteiger partial charge in [0.2, 0.25) is 0 Å². The van der Waals surface area contributed by atoms with Crippen molar-refractivity contribution < 1.29 is 9.53 Å². The number of halogens is 1. The van der Waals surface area contributed by atoms with Crippen LogP contribution in [0.25, 0.3) is 0 Å². The third kappa shape index (κ3) is 3.76. The molecular weight excluding hydrogens is 188 g/mol. The van der Waals surface area contributed by atoms with E-state index in [0.717, 1.165) is 5.56 Å². The van der Waals surface area contributed by atoms with Crippen molar-refractivity contribution in [1.82, 2.24) is 0 Å². The predicted molar refractivity (Wildman–Crippen MR) is 51.2 cm³/mol. The van der Waals surface area contributed by atoms with Crippen LogP contribution in [0.1, 0.15) is 5.56 Å². The van der Waals surface area contributed by atoms with Crippen molar-refractivity contribution in [2.75, 3.05) is 0 Å². The lowest BCUT2D eigenvalue weighted by molar-refractivity contribution is -0.104. The maximum Gasteiger partial charge on any atom is 0.164 e. The van der Waals surface area contributed by atoms with Gasteiger partial charge in [0.15, 0.2) is 6.29 Å². The van der Waals surface area contributed by atoms with Gasteiger partial charge >= 0.3 is 0 Å². The Bertz CT molecular complexity index is 293. The van der Waals surface area contributed by atoms with Gasteiger partial charge < -0.3 is 4.74 Å². The van der Waals surface area contributed by atoms with E-state index in [9.17, 15) is 4.79 Å². The van der Waals surface area contributed by atoms with Crippen LogP contribution in [0.5, 0.6) is 0 Å². The van der Waals surface area contributed by atoms with Gasteiger partial charge in [-0.25, -0.2) is 0 Å². The van der Waals surface area contributed by atoms with Crippen molar-refractivity contribution in [3.63, 3.8) is 0 Å². The number of benzene rings is 1. The number of carbonyl (C=O) groups is 1. The second kappa shape index (κ2) is 5.38. The summed E-state index contributed by atoms with van der Waals surface area (Å²) in [5.74, 6) is 0. The first-order valence-electron chi connectivity index (χ1n) is 3.79. The van der Waals surface area contributed by atoms with Gasteiger partial charge in [-0.1, -0.05) is 41.9 Å². The average Bonchev–Trinajstić information content (AvgIpc) is 2.19. The molecule has 1 rings (SSSR count). The van der Waals surface area contributed by atoms with Crippen LogP contribution >= 0.6 is 11.6 Å². The summed E-state index contributed by atoms with van der Waals surface area (Å²) >= 11 is 5.40. The van der Waals surface area contributed by atoms with Crippen LogP contribution in [0, 0.1) is 0 Å². The lowest BCUT2D eigenvalue weighted by Crippen LogP contribution is -1.86. The lowest BCUT2D eigenvalue weighted by atomic mass is 10.2. The largest absolute Gasteiger partial charge is 0.495 e. The Hall–Kier alpha value is -1.28. The molecule has 1 aromatic carbocycles. The molecule has 0 unspecified atom stereocenters. The Morgan fingerprint density at radius 2 is 2.08 bits per heavy atom. The van der Waals surface area contributed by atoms with Crippen LogP contribution in [-0.4, -0.2) is 6.29 Å². The summed E-state index contributed by atoms with van der Waals surface area (Å²) in [6, 6.07) is 9.64. The lowest BCUT2D eigenvalue weighted by Gasteiger charge is -1.99. The highest BCUT2D eigenvalue weighted by Crippen LogP contribution is 2.03. The van der Waals surface area contributed by atoms with Crippen molar-refractivity contribution in [2.24, 2.45) is 0 Å². The smallest absolute Gasteiger partial charge is 0.164 e. The second-order valence-electron chi connectivity index (χ2n) is 2.42. The first kappa shape index (κ1) is 9.81. The van der Waals surface area contributed by atoms with Gasteiger partial charge in [0.1, 0.15) is 17.9 Å². The summed E-state index contributed by atoms with van der Waals surface area (Å²) in [6.45, 7) is 0.422. The molecule has 3 heteroatoms. The molecule has 13 heavy (non-hydrogen) atoms. The molecule has 0 aliphatic rings. The minimum atomic E-state index is 0.0657. The summed E-state index contributed by atoms with van der Waals surface area (Å²) in [4.78, 5) is 10.1. The maximum atomic E-state index is 10.1. The molecular formula is C10H9ClO2. The molecule has 2 nitrogen and oxygen atoms in total. The summed E-state index contributed by atoms with van der Waals surface area (Å²) in [5, 5.41) is 0.0657. The first-order valence-corrected chi connectivity index (χ1v) is 4.17. The monoisotopic (exact) mass is 196 g/mol. The van der Waals surface area contributed by atoms with Crippen molar-refractivity contribution in [1.29, 1.82) is 0 Å². The summed E-state index contributed by atoms with van der Waals surface area (Å²) in [7, 11) is 0. The standard InChI is InChI=1S/C10H9ClO2/c11-10(6-12)8-13-7-9-4-2-1-3-5-9/h1-6,8H,7H2. The third-order valence-corrected chi connectivity index (χ3v) is 1.58. The van der Waals surface area contributed by atoms with E-state index >= 15 is 0 Å². The molecule has 0 spiro atoms. The summed E-state index contributed by atoms with van der Waals surface area (Å²) in [6.07, 6.45) is 1.77. The van der Waals surface area contributed by atoms with Gasteiger partial charge in [0.25, 0.3) is 0 Å². The number of rotatable bonds is 4. The zero-order valence-electron chi connectivity index (χ0n) is 6.94. The molecule has 0 bridgehead atoms. The highest BCUT2D eigenvalue weighted by Gasteiger charge is 1.90. The Morgan fingerprint density at radius 1 is 1.38 bits per heavy atom. The average molecular weight is 197 g/mol. The molecule has 0 heterocycles. The number of hydrogen-bond donors (Lipinski definition) is 0. The Morgan fingerprint density at radius 3 is 2.69 bits per heavy atom. The second-order valence-corrected chi connectivity index (χ2v) is 2.85. The quantitative estimate of drug-likeness (QED) is 0.420. The maximum absolute atomic E-state index is 10.1. The molecule has 68 valence electrons. The minimum Gasteiger partial charge on any atom is -0.495 e. The van der Waals surface area contributed by atoms with Crippen molar-refractivity contribution in [3.8, 4) is 0 Å². The van der Waals surface area contributed by atoms with Crippen molar-refractivity contribution in [3.05, 3.63) is 47.2 Å². The molecule has 0 aliphatic carbocycles. The van der Waals surface area contributed by atoms with Gasteiger partial charge in [-0.2, -0.15) is 0 Å². The number of carbonyl (C=O) groups excluding carboxylic acids is 1. The fourth-order valence-electron chi connectivity index (χ4n) is 0.820. The van der Waals surface area contributed by atoms with E-state index in [-0.39, 0.29) is 5.03 Å². The zero-order valence-corrected chi connectivity index (χ0v) is 7.70. The minimum absolute atomic E-state index is 0.0657. The van der Waals surface area contributed by atoms with E-state index in [2.05, 4.69) is 0 Å². The molecule has 0 saturated heterocycles. The van der Waals surface area contributed by atoms with E-state index in [0.29, 0.717) is 12.9 Å². The number of allylic oxidation sites excluding steroid dienone is 1. The molecule has 0 aliphatic heterocycles.